The van der Waals surface area contributed by atoms with Gasteiger partial charge in [0.15, 0.2) is 0 Å². The molecule has 0 aliphatic carbocycles. The summed E-state index contributed by atoms with van der Waals surface area (Å²) in [4.78, 5) is 17.2. The van der Waals surface area contributed by atoms with Crippen molar-refractivity contribution < 1.29 is 4.79 Å². The van der Waals surface area contributed by atoms with Crippen LogP contribution in [0.1, 0.15) is 15.4 Å². The first-order valence-corrected chi connectivity index (χ1v) is 8.64. The van der Waals surface area contributed by atoms with E-state index < -0.39 is 0 Å². The molecule has 3 nitrogen and oxygen atoms in total. The maximum atomic E-state index is 12.4. The Morgan fingerprint density at radius 3 is 2.77 bits per heavy atom. The van der Waals surface area contributed by atoms with Gasteiger partial charge in [-0.1, -0.05) is 29.3 Å². The van der Waals surface area contributed by atoms with Crippen LogP contribution in [-0.2, 0) is 0 Å². The fourth-order valence-electron chi connectivity index (χ4n) is 1.97. The molecule has 1 amide bonds. The standard InChI is InChI=1S/C15H9BrCl2N2OS/c1-7-10(16)4-5-12(19-7)20-15(21)14-13(18)9-3-2-8(17)6-11(9)22-14/h2-6H,1H3,(H,19,20,21). The number of aromatic nitrogens is 1. The second kappa shape index (κ2) is 6.16. The van der Waals surface area contributed by atoms with Gasteiger partial charge in [-0.2, -0.15) is 0 Å². The number of hydrogen-bond acceptors (Lipinski definition) is 3. The van der Waals surface area contributed by atoms with Gasteiger partial charge in [-0.15, -0.1) is 11.3 Å². The van der Waals surface area contributed by atoms with Gasteiger partial charge in [0.1, 0.15) is 10.7 Å². The SMILES string of the molecule is Cc1nc(NC(=O)c2sc3cc(Cl)ccc3c2Cl)ccc1Br. The van der Waals surface area contributed by atoms with E-state index >= 15 is 0 Å². The summed E-state index contributed by atoms with van der Waals surface area (Å²) in [7, 11) is 0. The van der Waals surface area contributed by atoms with Gasteiger partial charge in [-0.3, -0.25) is 4.79 Å². The highest BCUT2D eigenvalue weighted by Gasteiger charge is 2.18. The van der Waals surface area contributed by atoms with Crippen molar-refractivity contribution >= 4 is 72.3 Å². The number of aryl methyl sites for hydroxylation is 1. The Balaban J connectivity index is 1.94. The van der Waals surface area contributed by atoms with Gasteiger partial charge in [0.05, 0.1) is 10.7 Å². The molecule has 3 aromatic rings. The predicted molar refractivity (Wildman–Crippen MR) is 96.5 cm³/mol. The molecule has 7 heteroatoms. The number of pyridine rings is 1. The zero-order valence-corrected chi connectivity index (χ0v) is 15.2. The molecule has 3 rings (SSSR count). The minimum Gasteiger partial charge on any atom is -0.306 e. The number of fused-ring (bicyclic) bond motifs is 1. The number of thiophene rings is 1. The summed E-state index contributed by atoms with van der Waals surface area (Å²) in [5.74, 6) is 0.203. The van der Waals surface area contributed by atoms with Crippen LogP contribution in [0.25, 0.3) is 10.1 Å². The van der Waals surface area contributed by atoms with Crippen molar-refractivity contribution in [3.8, 4) is 0 Å². The molecule has 2 heterocycles. The van der Waals surface area contributed by atoms with E-state index in [1.165, 1.54) is 11.3 Å². The second-order valence-electron chi connectivity index (χ2n) is 4.60. The van der Waals surface area contributed by atoms with E-state index in [-0.39, 0.29) is 5.91 Å². The number of benzene rings is 1. The molecule has 1 aromatic carbocycles. The summed E-state index contributed by atoms with van der Waals surface area (Å²) in [6, 6.07) is 8.93. The van der Waals surface area contributed by atoms with Crippen molar-refractivity contribution in [3.63, 3.8) is 0 Å². The number of nitrogens with one attached hydrogen (secondary N) is 1. The first-order valence-electron chi connectivity index (χ1n) is 6.28. The van der Waals surface area contributed by atoms with Crippen LogP contribution in [0.2, 0.25) is 10.0 Å². The molecule has 22 heavy (non-hydrogen) atoms. The molecule has 0 saturated carbocycles. The average molecular weight is 416 g/mol. The number of amides is 1. The number of hydrogen-bond donors (Lipinski definition) is 1. The highest BCUT2D eigenvalue weighted by Crippen LogP contribution is 2.37. The lowest BCUT2D eigenvalue weighted by Crippen LogP contribution is -2.12. The molecule has 0 fully saturated rings. The molecule has 0 saturated heterocycles. The summed E-state index contributed by atoms with van der Waals surface area (Å²) < 4.78 is 1.77. The monoisotopic (exact) mass is 414 g/mol. The van der Waals surface area contributed by atoms with Crippen LogP contribution in [0.5, 0.6) is 0 Å². The minimum atomic E-state index is -0.281. The lowest BCUT2D eigenvalue weighted by molar-refractivity contribution is 0.103. The molecule has 0 aliphatic rings. The molecule has 0 aliphatic heterocycles. The number of carbonyl (C=O) groups is 1. The summed E-state index contributed by atoms with van der Waals surface area (Å²) in [5.41, 5.74) is 0.798. The molecule has 0 atom stereocenters. The van der Waals surface area contributed by atoms with E-state index in [2.05, 4.69) is 26.2 Å². The number of rotatable bonds is 2. The van der Waals surface area contributed by atoms with Crippen molar-refractivity contribution in [3.05, 3.63) is 55.4 Å². The molecule has 0 unspecified atom stereocenters. The van der Waals surface area contributed by atoms with Crippen LogP contribution in [0, 0.1) is 6.92 Å². The molecular formula is C15H9BrCl2N2OS. The van der Waals surface area contributed by atoms with Crippen LogP contribution < -0.4 is 5.32 Å². The van der Waals surface area contributed by atoms with Crippen molar-refractivity contribution in [2.45, 2.75) is 6.92 Å². The maximum absolute atomic E-state index is 12.4. The number of carbonyl (C=O) groups excluding carboxylic acids is 1. The summed E-state index contributed by atoms with van der Waals surface area (Å²) >= 11 is 17.0. The third kappa shape index (κ3) is 2.99. The van der Waals surface area contributed by atoms with Gasteiger partial charge in [0.2, 0.25) is 0 Å². The van der Waals surface area contributed by atoms with E-state index in [0.717, 1.165) is 20.3 Å². The first-order chi connectivity index (χ1) is 10.5. The average Bonchev–Trinajstić information content (AvgIpc) is 2.79. The second-order valence-corrected chi connectivity index (χ2v) is 7.32. The van der Waals surface area contributed by atoms with Gasteiger partial charge < -0.3 is 5.32 Å². The number of halogens is 3. The smallest absolute Gasteiger partial charge is 0.268 e. The van der Waals surface area contributed by atoms with Crippen molar-refractivity contribution in [2.75, 3.05) is 5.32 Å². The zero-order valence-electron chi connectivity index (χ0n) is 11.3. The van der Waals surface area contributed by atoms with Crippen molar-refractivity contribution in [1.29, 1.82) is 0 Å². The number of nitrogens with zero attached hydrogens (tertiary/aromatic N) is 1. The fraction of sp³-hybridized carbons (Fsp3) is 0.0667. The van der Waals surface area contributed by atoms with Gasteiger partial charge in [-0.25, -0.2) is 4.98 Å². The van der Waals surface area contributed by atoms with Crippen LogP contribution in [0.4, 0.5) is 5.82 Å². The molecule has 0 spiro atoms. The molecule has 0 bridgehead atoms. The Hall–Kier alpha value is -1.14. The Morgan fingerprint density at radius 2 is 2.05 bits per heavy atom. The van der Waals surface area contributed by atoms with Crippen LogP contribution >= 0.6 is 50.5 Å². The van der Waals surface area contributed by atoms with E-state index in [4.69, 9.17) is 23.2 Å². The minimum absolute atomic E-state index is 0.281. The maximum Gasteiger partial charge on any atom is 0.268 e. The van der Waals surface area contributed by atoms with Gasteiger partial charge in [0.25, 0.3) is 5.91 Å². The van der Waals surface area contributed by atoms with Crippen LogP contribution in [0.3, 0.4) is 0 Å². The highest BCUT2D eigenvalue weighted by atomic mass is 79.9. The highest BCUT2D eigenvalue weighted by molar-refractivity contribution is 9.10. The van der Waals surface area contributed by atoms with E-state index in [0.29, 0.717) is 20.7 Å². The summed E-state index contributed by atoms with van der Waals surface area (Å²) in [6.45, 7) is 1.86. The van der Waals surface area contributed by atoms with E-state index in [1.807, 2.05) is 19.1 Å². The van der Waals surface area contributed by atoms with Gasteiger partial charge >= 0.3 is 0 Å². The number of anilines is 1. The van der Waals surface area contributed by atoms with Crippen molar-refractivity contribution in [2.24, 2.45) is 0 Å². The molecule has 0 radical (unpaired) electrons. The first kappa shape index (κ1) is 15.7. The lowest BCUT2D eigenvalue weighted by atomic mass is 10.2. The predicted octanol–water partition coefficient (Wildman–Crippen LogP) is 5.93. The lowest BCUT2D eigenvalue weighted by Gasteiger charge is -2.05. The van der Waals surface area contributed by atoms with E-state index in [1.54, 1.807) is 18.2 Å². The Morgan fingerprint density at radius 1 is 1.27 bits per heavy atom. The molecule has 1 N–H and O–H groups in total. The molecular weight excluding hydrogens is 407 g/mol. The zero-order chi connectivity index (χ0) is 15.9. The van der Waals surface area contributed by atoms with Gasteiger partial charge in [0, 0.05) is 19.6 Å². The topological polar surface area (TPSA) is 42.0 Å². The third-order valence-corrected chi connectivity index (χ3v) is 5.79. The van der Waals surface area contributed by atoms with E-state index in [9.17, 15) is 4.79 Å². The normalized spacial score (nSPS) is 10.9. The molecule has 2 aromatic heterocycles. The van der Waals surface area contributed by atoms with Crippen LogP contribution in [-0.4, -0.2) is 10.9 Å². The Bertz CT molecular complexity index is 895. The Kier molecular flexibility index (Phi) is 4.41. The summed E-state index contributed by atoms with van der Waals surface area (Å²) in [6.07, 6.45) is 0. The fourth-order valence-corrected chi connectivity index (χ4v) is 3.88. The third-order valence-electron chi connectivity index (χ3n) is 3.06. The molecule has 112 valence electrons. The largest absolute Gasteiger partial charge is 0.306 e. The van der Waals surface area contributed by atoms with Gasteiger partial charge in [-0.05, 0) is 47.1 Å². The Labute approximate surface area is 149 Å². The van der Waals surface area contributed by atoms with Crippen molar-refractivity contribution in [1.82, 2.24) is 4.98 Å². The summed E-state index contributed by atoms with van der Waals surface area (Å²) in [5, 5.41) is 4.63. The van der Waals surface area contributed by atoms with Crippen LogP contribution in [0.15, 0.2) is 34.8 Å². The quantitative estimate of drug-likeness (QED) is 0.563.